The Bertz CT molecular complexity index is 857. The molecule has 28 heavy (non-hydrogen) atoms. The molecule has 3 atom stereocenters. The zero-order valence-corrected chi connectivity index (χ0v) is 15.1. The van der Waals surface area contributed by atoms with Gasteiger partial charge in [-0.3, -0.25) is 9.63 Å². The normalized spacial score (nSPS) is 25.4. The molecule has 0 bridgehead atoms. The number of carbonyl (C=O) groups excluding carboxylic acids is 1. The van der Waals surface area contributed by atoms with Gasteiger partial charge in [-0.05, 0) is 24.1 Å². The molecule has 2 aliphatic rings. The average Bonchev–Trinajstić information content (AvgIpc) is 3.29. The fourth-order valence-electron chi connectivity index (χ4n) is 3.69. The minimum Gasteiger partial charge on any atom is -0.408 e. The standard InChI is InChI=1S/C18H19F3N4O3/c1-10-22-23-18(28-10)24-4-2-14(15(21)9-24)17(26)25-16(3-5-27-25)11-6-12(19)8-13(20)7-11/h6-8,14-16H,2-5,9H2,1H3/t14-,15+,16+/m0/s1. The average molecular weight is 396 g/mol. The van der Waals surface area contributed by atoms with E-state index in [1.54, 1.807) is 11.8 Å². The van der Waals surface area contributed by atoms with Crippen LogP contribution in [0.4, 0.5) is 19.2 Å². The van der Waals surface area contributed by atoms with Gasteiger partial charge in [-0.15, -0.1) is 5.10 Å². The van der Waals surface area contributed by atoms with Crippen LogP contribution in [0.25, 0.3) is 0 Å². The number of nitrogens with zero attached hydrogens (tertiary/aromatic N) is 4. The molecule has 2 saturated heterocycles. The third-order valence-electron chi connectivity index (χ3n) is 5.04. The summed E-state index contributed by atoms with van der Waals surface area (Å²) in [6.45, 7) is 2.15. The molecule has 4 rings (SSSR count). The van der Waals surface area contributed by atoms with E-state index in [2.05, 4.69) is 10.2 Å². The summed E-state index contributed by atoms with van der Waals surface area (Å²) in [5.41, 5.74) is 0.289. The number of halogens is 3. The first-order chi connectivity index (χ1) is 13.4. The van der Waals surface area contributed by atoms with Crippen LogP contribution in [0.5, 0.6) is 0 Å². The smallest absolute Gasteiger partial charge is 0.318 e. The molecule has 2 fully saturated rings. The molecule has 0 radical (unpaired) electrons. The van der Waals surface area contributed by atoms with Crippen molar-refractivity contribution < 1.29 is 27.2 Å². The number of aryl methyl sites for hydroxylation is 1. The molecule has 7 nitrogen and oxygen atoms in total. The Morgan fingerprint density at radius 2 is 1.93 bits per heavy atom. The molecule has 10 heteroatoms. The molecule has 0 saturated carbocycles. The van der Waals surface area contributed by atoms with E-state index < -0.39 is 35.7 Å². The van der Waals surface area contributed by atoms with Crippen molar-refractivity contribution in [1.29, 1.82) is 0 Å². The van der Waals surface area contributed by atoms with Crippen molar-refractivity contribution in [3.63, 3.8) is 0 Å². The number of piperidine rings is 1. The molecule has 0 spiro atoms. The molecule has 1 aromatic heterocycles. The minimum absolute atomic E-state index is 0.0643. The molecule has 3 heterocycles. The first-order valence-corrected chi connectivity index (χ1v) is 9.03. The quantitative estimate of drug-likeness (QED) is 0.795. The Morgan fingerprint density at radius 1 is 1.18 bits per heavy atom. The van der Waals surface area contributed by atoms with E-state index in [-0.39, 0.29) is 31.2 Å². The molecule has 2 aromatic rings. The van der Waals surface area contributed by atoms with Gasteiger partial charge in [0.05, 0.1) is 25.1 Å². The number of amides is 1. The highest BCUT2D eigenvalue weighted by Gasteiger charge is 2.42. The van der Waals surface area contributed by atoms with Crippen molar-refractivity contribution >= 4 is 11.9 Å². The van der Waals surface area contributed by atoms with Gasteiger partial charge < -0.3 is 9.32 Å². The number of hydrogen-bond donors (Lipinski definition) is 0. The number of anilines is 1. The molecule has 1 amide bonds. The van der Waals surface area contributed by atoms with E-state index in [1.165, 1.54) is 0 Å². The maximum atomic E-state index is 14.8. The van der Waals surface area contributed by atoms with Crippen LogP contribution in [0.3, 0.4) is 0 Å². The number of carbonyl (C=O) groups is 1. The maximum absolute atomic E-state index is 14.8. The molecular formula is C18H19F3N4O3. The molecule has 150 valence electrons. The number of aromatic nitrogens is 2. The second-order valence-corrected chi connectivity index (χ2v) is 6.97. The van der Waals surface area contributed by atoms with Crippen molar-refractivity contribution in [3.05, 3.63) is 41.3 Å². The van der Waals surface area contributed by atoms with Crippen LogP contribution >= 0.6 is 0 Å². The Morgan fingerprint density at radius 3 is 2.57 bits per heavy atom. The van der Waals surface area contributed by atoms with Crippen molar-refractivity contribution in [1.82, 2.24) is 15.3 Å². The Balaban J connectivity index is 1.47. The monoisotopic (exact) mass is 396 g/mol. The SMILES string of the molecule is Cc1nnc(N2CC[C@H](C(=O)N3OCC[C@@H]3c3cc(F)cc(F)c3)[C@H](F)C2)o1. The van der Waals surface area contributed by atoms with Gasteiger partial charge in [0.15, 0.2) is 0 Å². The van der Waals surface area contributed by atoms with Gasteiger partial charge in [0, 0.05) is 26.0 Å². The Kier molecular flexibility index (Phi) is 4.96. The molecule has 0 N–H and O–H groups in total. The number of hydrogen-bond acceptors (Lipinski definition) is 6. The van der Waals surface area contributed by atoms with Gasteiger partial charge in [0.2, 0.25) is 5.89 Å². The molecular weight excluding hydrogens is 377 g/mol. The predicted octanol–water partition coefficient (Wildman–Crippen LogP) is 2.73. The van der Waals surface area contributed by atoms with E-state index in [4.69, 9.17) is 9.25 Å². The number of rotatable bonds is 3. The highest BCUT2D eigenvalue weighted by molar-refractivity contribution is 5.79. The lowest BCUT2D eigenvalue weighted by molar-refractivity contribution is -0.184. The lowest BCUT2D eigenvalue weighted by Gasteiger charge is -2.35. The maximum Gasteiger partial charge on any atom is 0.318 e. The van der Waals surface area contributed by atoms with Crippen molar-refractivity contribution in [2.45, 2.75) is 32.0 Å². The molecule has 0 aliphatic carbocycles. The second-order valence-electron chi connectivity index (χ2n) is 6.97. The van der Waals surface area contributed by atoms with E-state index in [0.29, 0.717) is 18.9 Å². The summed E-state index contributed by atoms with van der Waals surface area (Å²) in [5.74, 6) is -2.54. The summed E-state index contributed by atoms with van der Waals surface area (Å²) in [4.78, 5) is 19.9. The van der Waals surface area contributed by atoms with E-state index in [9.17, 15) is 18.0 Å². The summed E-state index contributed by atoms with van der Waals surface area (Å²) in [5, 5.41) is 8.66. The zero-order chi connectivity index (χ0) is 19.8. The predicted molar refractivity (Wildman–Crippen MR) is 90.8 cm³/mol. The van der Waals surface area contributed by atoms with Crippen LogP contribution in [0.2, 0.25) is 0 Å². The fourth-order valence-corrected chi connectivity index (χ4v) is 3.69. The van der Waals surface area contributed by atoms with Crippen LogP contribution in [0.1, 0.15) is 30.3 Å². The van der Waals surface area contributed by atoms with Crippen LogP contribution < -0.4 is 4.90 Å². The fraction of sp³-hybridized carbons (Fsp3) is 0.500. The zero-order valence-electron chi connectivity index (χ0n) is 15.1. The summed E-state index contributed by atoms with van der Waals surface area (Å²) in [7, 11) is 0. The van der Waals surface area contributed by atoms with Crippen molar-refractivity contribution in [2.75, 3.05) is 24.6 Å². The molecule has 1 aromatic carbocycles. The lowest BCUT2D eigenvalue weighted by Crippen LogP contribution is -2.48. The second kappa shape index (κ2) is 7.42. The highest BCUT2D eigenvalue weighted by atomic mass is 19.1. The summed E-state index contributed by atoms with van der Waals surface area (Å²) in [6, 6.07) is 2.66. The van der Waals surface area contributed by atoms with Crippen LogP contribution in [-0.2, 0) is 9.63 Å². The van der Waals surface area contributed by atoms with Crippen LogP contribution in [0, 0.1) is 24.5 Å². The third kappa shape index (κ3) is 3.56. The van der Waals surface area contributed by atoms with Gasteiger partial charge in [-0.25, -0.2) is 18.2 Å². The largest absolute Gasteiger partial charge is 0.408 e. The number of benzene rings is 1. The summed E-state index contributed by atoms with van der Waals surface area (Å²) in [6.07, 6.45) is -0.862. The minimum atomic E-state index is -1.47. The molecule has 0 unspecified atom stereocenters. The number of alkyl halides is 1. The molecule has 2 aliphatic heterocycles. The number of hydroxylamine groups is 2. The van der Waals surface area contributed by atoms with Gasteiger partial charge in [0.1, 0.15) is 17.8 Å². The van der Waals surface area contributed by atoms with Gasteiger partial charge in [-0.2, -0.15) is 0 Å². The van der Waals surface area contributed by atoms with Crippen molar-refractivity contribution in [2.24, 2.45) is 5.92 Å². The van der Waals surface area contributed by atoms with Crippen LogP contribution in [-0.4, -0.2) is 47.0 Å². The van der Waals surface area contributed by atoms with Gasteiger partial charge in [-0.1, -0.05) is 5.10 Å². The topological polar surface area (TPSA) is 71.7 Å². The van der Waals surface area contributed by atoms with Gasteiger partial charge in [0.25, 0.3) is 5.91 Å². The van der Waals surface area contributed by atoms with Crippen LogP contribution in [0.15, 0.2) is 22.6 Å². The summed E-state index contributed by atoms with van der Waals surface area (Å²) < 4.78 is 47.2. The Labute approximate surface area is 159 Å². The van der Waals surface area contributed by atoms with E-state index in [1.807, 2.05) is 0 Å². The van der Waals surface area contributed by atoms with Crippen molar-refractivity contribution in [3.8, 4) is 0 Å². The first-order valence-electron chi connectivity index (χ1n) is 9.03. The Hall–Kier alpha value is -2.62. The lowest BCUT2D eigenvalue weighted by atomic mass is 9.93. The van der Waals surface area contributed by atoms with E-state index in [0.717, 1.165) is 23.3 Å². The van der Waals surface area contributed by atoms with Gasteiger partial charge >= 0.3 is 6.01 Å². The first kappa shape index (κ1) is 18.7. The summed E-state index contributed by atoms with van der Waals surface area (Å²) >= 11 is 0. The third-order valence-corrected chi connectivity index (χ3v) is 5.04. The van der Waals surface area contributed by atoms with E-state index >= 15 is 0 Å². The highest BCUT2D eigenvalue weighted by Crippen LogP contribution is 2.35.